The molecule has 0 saturated heterocycles. The number of hydrogen-bond acceptors (Lipinski definition) is 3. The van der Waals surface area contributed by atoms with E-state index in [1.54, 1.807) is 6.08 Å². The van der Waals surface area contributed by atoms with Gasteiger partial charge < -0.3 is 0 Å². The summed E-state index contributed by atoms with van der Waals surface area (Å²) >= 11 is -3.54. The van der Waals surface area contributed by atoms with Crippen molar-refractivity contribution in [1.82, 2.24) is 0 Å². The molecule has 1 N–H and O–H groups in total. The predicted molar refractivity (Wildman–Crippen MR) is 110 cm³/mol. The minimum atomic E-state index is -3.54. The first-order valence-electron chi connectivity index (χ1n) is 9.13. The van der Waals surface area contributed by atoms with Crippen LogP contribution in [0.1, 0.15) is 16.7 Å². The number of benzene rings is 3. The molecule has 0 saturated carbocycles. The van der Waals surface area contributed by atoms with Gasteiger partial charge in [-0.1, -0.05) is 0 Å². The molecule has 0 aliphatic carbocycles. The van der Waals surface area contributed by atoms with Crippen LogP contribution in [-0.2, 0) is 13.7 Å². The van der Waals surface area contributed by atoms with Crippen molar-refractivity contribution >= 4 is 31.3 Å². The van der Waals surface area contributed by atoms with Crippen LogP contribution >= 0.6 is 0 Å². The van der Waals surface area contributed by atoms with Crippen molar-refractivity contribution in [2.24, 2.45) is 0 Å². The van der Waals surface area contributed by atoms with Crippen LogP contribution in [0.3, 0.4) is 0 Å². The fourth-order valence-corrected chi connectivity index (χ4v) is 12.8. The molecular formula is C23H20O4Sn. The van der Waals surface area contributed by atoms with Crippen LogP contribution in [0.4, 0.5) is 0 Å². The van der Waals surface area contributed by atoms with Crippen molar-refractivity contribution in [2.75, 3.05) is 0 Å². The number of carboxylic acids is 1. The van der Waals surface area contributed by atoms with Gasteiger partial charge >= 0.3 is 169 Å². The predicted octanol–water partition coefficient (Wildman–Crippen LogP) is 4.56. The second-order valence-corrected chi connectivity index (χ2v) is 15.2. The van der Waals surface area contributed by atoms with E-state index >= 15 is 0 Å². The molecule has 140 valence electrons. The van der Waals surface area contributed by atoms with Gasteiger partial charge in [0.05, 0.1) is 0 Å². The Labute approximate surface area is 169 Å². The fourth-order valence-electron chi connectivity index (χ4n) is 3.40. The molecule has 4 nitrogen and oxygen atoms in total. The number of rotatable bonds is 6. The number of carbonyl (C=O) groups is 1. The standard InChI is InChI=1S/C9H8O4.2C7H7.Sn/c10-7-3-1-6(5-8(7)11)2-4-9(12)13;2*1-7-5-3-2-4-6-7;/h1-5,10-11H,(H,12,13);2*2-6H,1H2;/q;;;+2/p-2/b4-2+;;;. The zero-order chi connectivity index (χ0) is 19.4. The Hall–Kier alpha value is -2.73. The van der Waals surface area contributed by atoms with Gasteiger partial charge in [0.2, 0.25) is 0 Å². The van der Waals surface area contributed by atoms with E-state index in [4.69, 9.17) is 11.3 Å². The molecule has 0 fully saturated rings. The van der Waals surface area contributed by atoms with Gasteiger partial charge in [-0.3, -0.25) is 0 Å². The molecule has 0 unspecified atom stereocenters. The maximum atomic E-state index is 10.8. The molecule has 0 spiro atoms. The molecule has 28 heavy (non-hydrogen) atoms. The first kappa shape index (κ1) is 18.6. The summed E-state index contributed by atoms with van der Waals surface area (Å²) in [6.45, 7) is 0. The third-order valence-electron chi connectivity index (χ3n) is 4.61. The number of fused-ring (bicyclic) bond motifs is 1. The molecule has 3 aromatic rings. The van der Waals surface area contributed by atoms with Gasteiger partial charge in [0.25, 0.3) is 0 Å². The van der Waals surface area contributed by atoms with Gasteiger partial charge in [-0.05, 0) is 0 Å². The quantitative estimate of drug-likeness (QED) is 0.416. The summed E-state index contributed by atoms with van der Waals surface area (Å²) in [5.74, 6) is 0.504. The third-order valence-corrected chi connectivity index (χ3v) is 13.4. The normalized spacial score (nSPS) is 14.3. The molecule has 0 atom stereocenters. The van der Waals surface area contributed by atoms with Crippen LogP contribution in [0.15, 0.2) is 84.9 Å². The van der Waals surface area contributed by atoms with Crippen molar-refractivity contribution in [3.05, 3.63) is 102 Å². The van der Waals surface area contributed by atoms with E-state index < -0.39 is 25.2 Å². The summed E-state index contributed by atoms with van der Waals surface area (Å²) in [5, 5.41) is 8.85. The summed E-state index contributed by atoms with van der Waals surface area (Å²) in [7, 11) is 0. The molecule has 5 heteroatoms. The van der Waals surface area contributed by atoms with Gasteiger partial charge in [0.1, 0.15) is 0 Å². The Balaban J connectivity index is 1.65. The number of aliphatic carboxylic acids is 1. The summed E-state index contributed by atoms with van der Waals surface area (Å²) in [6.07, 6.45) is 2.69. The van der Waals surface area contributed by atoms with Gasteiger partial charge in [0.15, 0.2) is 0 Å². The van der Waals surface area contributed by atoms with E-state index in [9.17, 15) is 4.79 Å². The molecule has 1 aliphatic rings. The molecule has 3 aromatic carbocycles. The second-order valence-electron chi connectivity index (χ2n) is 6.82. The van der Waals surface area contributed by atoms with Crippen molar-refractivity contribution in [1.29, 1.82) is 0 Å². The van der Waals surface area contributed by atoms with Crippen LogP contribution in [-0.4, -0.2) is 30.3 Å². The molecule has 0 amide bonds. The average molecular weight is 479 g/mol. The van der Waals surface area contributed by atoms with E-state index in [1.165, 1.54) is 11.1 Å². The minimum absolute atomic E-state index is 0.718. The molecule has 0 radical (unpaired) electrons. The Morgan fingerprint density at radius 1 is 0.821 bits per heavy atom. The Morgan fingerprint density at radius 3 is 1.96 bits per heavy atom. The average Bonchev–Trinajstić information content (AvgIpc) is 3.04. The van der Waals surface area contributed by atoms with Crippen LogP contribution in [0, 0.1) is 0 Å². The maximum absolute atomic E-state index is 10.8. The molecule has 0 bridgehead atoms. The van der Waals surface area contributed by atoms with Crippen LogP contribution < -0.4 is 6.15 Å². The Morgan fingerprint density at radius 2 is 1.39 bits per heavy atom. The summed E-state index contributed by atoms with van der Waals surface area (Å²) in [5.41, 5.74) is 3.22. The molecule has 0 aromatic heterocycles. The second kappa shape index (κ2) is 8.10. The molecular weight excluding hydrogens is 459 g/mol. The summed E-state index contributed by atoms with van der Waals surface area (Å²) in [4.78, 5) is 10.8. The first-order valence-corrected chi connectivity index (χ1v) is 15.5. The van der Waals surface area contributed by atoms with Crippen molar-refractivity contribution in [2.45, 2.75) is 8.87 Å². The number of carboxylic acid groups (broad SMARTS) is 1. The topological polar surface area (TPSA) is 55.8 Å². The van der Waals surface area contributed by atoms with E-state index in [0.717, 1.165) is 32.0 Å². The van der Waals surface area contributed by atoms with Crippen LogP contribution in [0.5, 0.6) is 11.5 Å². The van der Waals surface area contributed by atoms with Crippen LogP contribution in [0.2, 0.25) is 0 Å². The molecule has 1 heterocycles. The van der Waals surface area contributed by atoms with E-state index in [1.807, 2.05) is 54.6 Å². The van der Waals surface area contributed by atoms with Crippen molar-refractivity contribution in [3.8, 4) is 11.5 Å². The van der Waals surface area contributed by atoms with E-state index in [0.29, 0.717) is 0 Å². The molecule has 4 rings (SSSR count). The van der Waals surface area contributed by atoms with Crippen molar-refractivity contribution < 1.29 is 16.0 Å². The fraction of sp³-hybridized carbons (Fsp3) is 0.0870. The summed E-state index contributed by atoms with van der Waals surface area (Å²) in [6, 6.07) is 26.2. The zero-order valence-electron chi connectivity index (χ0n) is 15.2. The van der Waals surface area contributed by atoms with E-state index in [-0.39, 0.29) is 0 Å². The zero-order valence-corrected chi connectivity index (χ0v) is 18.1. The van der Waals surface area contributed by atoms with Crippen molar-refractivity contribution in [3.63, 3.8) is 0 Å². The van der Waals surface area contributed by atoms with Gasteiger partial charge in [-0.15, -0.1) is 0 Å². The third kappa shape index (κ3) is 4.39. The Kier molecular flexibility index (Phi) is 5.39. The van der Waals surface area contributed by atoms with E-state index in [2.05, 4.69) is 24.3 Å². The number of hydrogen-bond donors (Lipinski definition) is 1. The van der Waals surface area contributed by atoms with Gasteiger partial charge in [-0.25, -0.2) is 0 Å². The molecule has 1 aliphatic heterocycles. The monoisotopic (exact) mass is 480 g/mol. The van der Waals surface area contributed by atoms with Crippen LogP contribution in [0.25, 0.3) is 6.08 Å². The SMILES string of the molecule is O=C(O)/C=C/c1ccc2c(c1)[O][Sn]([CH2]c1ccccc1)([CH2]c1ccccc1)[O]2. The summed E-state index contributed by atoms with van der Waals surface area (Å²) < 4.78 is 14.7. The first-order chi connectivity index (χ1) is 13.6. The Bertz CT molecular complexity index is 958. The van der Waals surface area contributed by atoms with Gasteiger partial charge in [-0.2, -0.15) is 0 Å². The van der Waals surface area contributed by atoms with Gasteiger partial charge in [0, 0.05) is 0 Å².